The fourth-order valence-corrected chi connectivity index (χ4v) is 0.423. The minimum Gasteiger partial charge on any atom is -0.480 e. The molecule has 0 rings (SSSR count). The molecule has 11 heavy (non-hydrogen) atoms. The number of aliphatic carboxylic acids is 1. The molecule has 0 aromatic carbocycles. The van der Waals surface area contributed by atoms with E-state index in [-0.39, 0.29) is 6.54 Å². The molecule has 0 unspecified atom stereocenters. The monoisotopic (exact) mass is 162 g/mol. The van der Waals surface area contributed by atoms with Gasteiger partial charge < -0.3 is 20.9 Å². The van der Waals surface area contributed by atoms with Crippen molar-refractivity contribution in [3.8, 4) is 0 Å². The summed E-state index contributed by atoms with van der Waals surface area (Å²) < 4.78 is 4.16. The van der Waals surface area contributed by atoms with Crippen LogP contribution in [0.3, 0.4) is 0 Å². The van der Waals surface area contributed by atoms with Crippen molar-refractivity contribution in [3.63, 3.8) is 0 Å². The van der Waals surface area contributed by atoms with E-state index in [0.29, 0.717) is 0 Å². The van der Waals surface area contributed by atoms with Gasteiger partial charge in [-0.25, -0.2) is 9.59 Å². The van der Waals surface area contributed by atoms with Crippen molar-refractivity contribution < 1.29 is 19.4 Å². The van der Waals surface area contributed by atoms with Crippen LogP contribution in [0.1, 0.15) is 0 Å². The van der Waals surface area contributed by atoms with Crippen molar-refractivity contribution in [2.45, 2.75) is 6.04 Å². The highest BCUT2D eigenvalue weighted by Gasteiger charge is 2.17. The number of carbonyl (C=O) groups excluding carboxylic acids is 1. The van der Waals surface area contributed by atoms with Gasteiger partial charge in [0.15, 0.2) is 0 Å². The van der Waals surface area contributed by atoms with Crippen LogP contribution >= 0.6 is 0 Å². The normalized spacial score (nSPS) is 11.8. The van der Waals surface area contributed by atoms with Crippen molar-refractivity contribution >= 4 is 12.1 Å². The van der Waals surface area contributed by atoms with Gasteiger partial charge in [-0.1, -0.05) is 0 Å². The van der Waals surface area contributed by atoms with E-state index in [4.69, 9.17) is 10.8 Å². The summed E-state index contributed by atoms with van der Waals surface area (Å²) in [6.07, 6.45) is -0.803. The van der Waals surface area contributed by atoms with Crippen LogP contribution in [0.5, 0.6) is 0 Å². The Labute approximate surface area is 63.3 Å². The molecule has 0 heterocycles. The number of nitrogens with two attached hydrogens (primary N) is 1. The Morgan fingerprint density at radius 1 is 1.73 bits per heavy atom. The summed E-state index contributed by atoms with van der Waals surface area (Å²) in [4.78, 5) is 20.7. The second-order valence-electron chi connectivity index (χ2n) is 1.76. The number of rotatable bonds is 3. The highest BCUT2D eigenvalue weighted by Crippen LogP contribution is 1.81. The number of alkyl carbamates (subject to hydrolysis) is 1. The molecule has 1 amide bonds. The Hall–Kier alpha value is -1.30. The maximum Gasteiger partial charge on any atom is 0.407 e. The topological polar surface area (TPSA) is 102 Å². The SMILES string of the molecule is COC(=O)N[C@@H](CN)C(=O)O. The molecule has 6 nitrogen and oxygen atoms in total. The van der Waals surface area contributed by atoms with Crippen LogP contribution in [0.15, 0.2) is 0 Å². The Morgan fingerprint density at radius 3 is 2.55 bits per heavy atom. The summed E-state index contributed by atoms with van der Waals surface area (Å²) in [5.41, 5.74) is 5.03. The first kappa shape index (κ1) is 9.70. The van der Waals surface area contributed by atoms with Crippen molar-refractivity contribution in [1.29, 1.82) is 0 Å². The second kappa shape index (κ2) is 4.51. The first-order valence-electron chi connectivity index (χ1n) is 2.89. The number of methoxy groups -OCH3 is 1. The molecule has 0 aliphatic carbocycles. The molecule has 0 saturated heterocycles. The summed E-state index contributed by atoms with van der Waals surface area (Å²) in [6, 6.07) is -1.08. The van der Waals surface area contributed by atoms with Gasteiger partial charge in [-0.2, -0.15) is 0 Å². The molecule has 0 aliphatic heterocycles. The van der Waals surface area contributed by atoms with Gasteiger partial charge in [-0.3, -0.25) is 0 Å². The molecule has 0 fully saturated rings. The van der Waals surface area contributed by atoms with E-state index in [2.05, 4.69) is 4.74 Å². The fourth-order valence-electron chi connectivity index (χ4n) is 0.423. The van der Waals surface area contributed by atoms with Crippen LogP contribution in [0.25, 0.3) is 0 Å². The standard InChI is InChI=1S/C5H10N2O4/c1-11-5(10)7-3(2-6)4(8)9/h3H,2,6H2,1H3,(H,7,10)(H,8,9)/t3-/m0/s1. The van der Waals surface area contributed by atoms with Crippen molar-refractivity contribution in [1.82, 2.24) is 5.32 Å². The first-order chi connectivity index (χ1) is 5.11. The molecule has 1 atom stereocenters. The predicted octanol–water partition coefficient (Wildman–Crippen LogP) is -1.25. The maximum absolute atomic E-state index is 10.4. The van der Waals surface area contributed by atoms with Gasteiger partial charge in [0.25, 0.3) is 0 Å². The summed E-state index contributed by atoms with van der Waals surface area (Å²) in [5.74, 6) is -1.18. The molecule has 0 aromatic rings. The van der Waals surface area contributed by atoms with Gasteiger partial charge in [0.1, 0.15) is 6.04 Å². The zero-order chi connectivity index (χ0) is 8.85. The number of carbonyl (C=O) groups is 2. The summed E-state index contributed by atoms with van der Waals surface area (Å²) in [5, 5.41) is 10.4. The predicted molar refractivity (Wildman–Crippen MR) is 36.0 cm³/mol. The largest absolute Gasteiger partial charge is 0.480 e. The number of nitrogens with one attached hydrogen (secondary N) is 1. The molecular formula is C5H10N2O4. The molecular weight excluding hydrogens is 152 g/mol. The highest BCUT2D eigenvalue weighted by molar-refractivity contribution is 5.79. The minimum atomic E-state index is -1.18. The van der Waals surface area contributed by atoms with Crippen molar-refractivity contribution in [2.75, 3.05) is 13.7 Å². The fraction of sp³-hybridized carbons (Fsp3) is 0.600. The zero-order valence-electron chi connectivity index (χ0n) is 6.03. The summed E-state index contributed by atoms with van der Waals surface area (Å²) >= 11 is 0. The third kappa shape index (κ3) is 3.41. The van der Waals surface area contributed by atoms with Crippen LogP contribution in [-0.4, -0.2) is 36.9 Å². The molecule has 0 aromatic heterocycles. The second-order valence-corrected chi connectivity index (χ2v) is 1.76. The van der Waals surface area contributed by atoms with Crippen molar-refractivity contribution in [3.05, 3.63) is 0 Å². The lowest BCUT2D eigenvalue weighted by Crippen LogP contribution is -2.45. The number of hydrogen-bond acceptors (Lipinski definition) is 4. The number of hydrogen-bond donors (Lipinski definition) is 3. The molecule has 0 radical (unpaired) electrons. The third-order valence-electron chi connectivity index (χ3n) is 1.01. The van der Waals surface area contributed by atoms with E-state index in [1.54, 1.807) is 0 Å². The van der Waals surface area contributed by atoms with Gasteiger partial charge in [0, 0.05) is 6.54 Å². The van der Waals surface area contributed by atoms with Gasteiger partial charge in [0.05, 0.1) is 7.11 Å². The number of ether oxygens (including phenoxy) is 1. The lowest BCUT2D eigenvalue weighted by Gasteiger charge is -2.09. The molecule has 0 bridgehead atoms. The van der Waals surface area contributed by atoms with Crippen molar-refractivity contribution in [2.24, 2.45) is 5.73 Å². The Kier molecular flexibility index (Phi) is 3.97. The van der Waals surface area contributed by atoms with Crippen LogP contribution in [0, 0.1) is 0 Å². The van der Waals surface area contributed by atoms with E-state index < -0.39 is 18.1 Å². The maximum atomic E-state index is 10.4. The Balaban J connectivity index is 3.88. The molecule has 4 N–H and O–H groups in total. The van der Waals surface area contributed by atoms with E-state index in [9.17, 15) is 9.59 Å². The lowest BCUT2D eigenvalue weighted by atomic mass is 10.3. The van der Waals surface area contributed by atoms with Crippen LogP contribution in [0.2, 0.25) is 0 Å². The van der Waals surface area contributed by atoms with E-state index in [0.717, 1.165) is 7.11 Å². The quantitative estimate of drug-likeness (QED) is 0.481. The minimum absolute atomic E-state index is 0.162. The van der Waals surface area contributed by atoms with E-state index in [1.807, 2.05) is 5.32 Å². The van der Waals surface area contributed by atoms with E-state index >= 15 is 0 Å². The summed E-state index contributed by atoms with van der Waals surface area (Å²) in [7, 11) is 1.14. The number of carboxylic acid groups (broad SMARTS) is 1. The Bertz CT molecular complexity index is 159. The van der Waals surface area contributed by atoms with Gasteiger partial charge in [-0.15, -0.1) is 0 Å². The highest BCUT2D eigenvalue weighted by atomic mass is 16.5. The number of amides is 1. The Morgan fingerprint density at radius 2 is 2.27 bits per heavy atom. The lowest BCUT2D eigenvalue weighted by molar-refractivity contribution is -0.139. The van der Waals surface area contributed by atoms with E-state index in [1.165, 1.54) is 0 Å². The first-order valence-corrected chi connectivity index (χ1v) is 2.89. The molecule has 0 spiro atoms. The number of carboxylic acids is 1. The van der Waals surface area contributed by atoms with Gasteiger partial charge in [0.2, 0.25) is 0 Å². The van der Waals surface area contributed by atoms with Crippen LogP contribution in [0.4, 0.5) is 4.79 Å². The summed E-state index contributed by atoms with van der Waals surface area (Å²) in [6.45, 7) is -0.162. The van der Waals surface area contributed by atoms with Crippen LogP contribution in [-0.2, 0) is 9.53 Å². The molecule has 0 aliphatic rings. The van der Waals surface area contributed by atoms with Gasteiger partial charge >= 0.3 is 12.1 Å². The molecule has 64 valence electrons. The van der Waals surface area contributed by atoms with Gasteiger partial charge in [-0.05, 0) is 0 Å². The third-order valence-corrected chi connectivity index (χ3v) is 1.01. The molecule has 6 heteroatoms. The average Bonchev–Trinajstić information content (AvgIpc) is 1.99. The van der Waals surface area contributed by atoms with Crippen LogP contribution < -0.4 is 11.1 Å². The molecule has 0 saturated carbocycles. The smallest absolute Gasteiger partial charge is 0.407 e. The average molecular weight is 162 g/mol. The zero-order valence-corrected chi connectivity index (χ0v) is 6.03.